The molecule has 0 bridgehead atoms. The second-order valence-electron chi connectivity index (χ2n) is 10.3. The van der Waals surface area contributed by atoms with Crippen molar-refractivity contribution in [3.63, 3.8) is 0 Å². The molecule has 42 heavy (non-hydrogen) atoms. The summed E-state index contributed by atoms with van der Waals surface area (Å²) in [5, 5.41) is 5.11. The average molecular weight is 583 g/mol. The topological polar surface area (TPSA) is 86.5 Å². The first-order valence-corrected chi connectivity index (χ1v) is 13.6. The van der Waals surface area contributed by atoms with Gasteiger partial charge >= 0.3 is 6.09 Å². The molecule has 3 N–H and O–H groups in total. The second kappa shape index (κ2) is 11.8. The highest BCUT2D eigenvalue weighted by atomic mass is 19.3. The maximum Gasteiger partial charge on any atom is 0.411 e. The SMILES string of the molecule is C=CCC(F)(F)c1c(/C=C2\C(=O)Nc3cccc(-c4cccc(F)c4F)c32)[nH]c(C)c1NC(=O)OCCN1CCCC1. The zero-order valence-electron chi connectivity index (χ0n) is 23.0. The fourth-order valence-electron chi connectivity index (χ4n) is 5.46. The third kappa shape index (κ3) is 5.69. The molecule has 0 radical (unpaired) electrons. The maximum atomic E-state index is 15.6. The number of hydrogen-bond acceptors (Lipinski definition) is 4. The number of fused-ring (bicyclic) bond motifs is 1. The molecule has 0 saturated carbocycles. The number of aryl methyl sites for hydroxylation is 1. The van der Waals surface area contributed by atoms with Gasteiger partial charge in [-0.25, -0.2) is 22.4 Å². The van der Waals surface area contributed by atoms with E-state index in [4.69, 9.17) is 4.74 Å². The number of allylic oxidation sites excluding steroid dienone is 1. The molecule has 0 atom stereocenters. The Bertz CT molecular complexity index is 1570. The van der Waals surface area contributed by atoms with Gasteiger partial charge in [0, 0.05) is 35.5 Å². The molecule has 11 heteroatoms. The fourth-order valence-corrected chi connectivity index (χ4v) is 5.46. The summed E-state index contributed by atoms with van der Waals surface area (Å²) in [4.78, 5) is 30.7. The van der Waals surface area contributed by atoms with E-state index in [-0.39, 0.29) is 45.9 Å². The lowest BCUT2D eigenvalue weighted by Crippen LogP contribution is -2.27. The number of alkyl halides is 2. The molecule has 3 heterocycles. The number of hydrogen-bond donors (Lipinski definition) is 3. The van der Waals surface area contributed by atoms with Crippen molar-refractivity contribution in [2.24, 2.45) is 0 Å². The number of rotatable bonds is 9. The molecule has 1 aromatic heterocycles. The van der Waals surface area contributed by atoms with Gasteiger partial charge in [-0.1, -0.05) is 30.3 Å². The number of ether oxygens (including phenoxy) is 1. The van der Waals surface area contributed by atoms with E-state index < -0.39 is 41.5 Å². The van der Waals surface area contributed by atoms with Gasteiger partial charge in [0.15, 0.2) is 11.6 Å². The van der Waals surface area contributed by atoms with E-state index in [1.807, 2.05) is 0 Å². The number of aromatic nitrogens is 1. The van der Waals surface area contributed by atoms with Gasteiger partial charge in [-0.05, 0) is 56.6 Å². The van der Waals surface area contributed by atoms with Crippen LogP contribution in [0.3, 0.4) is 0 Å². The van der Waals surface area contributed by atoms with Crippen molar-refractivity contribution >= 4 is 35.0 Å². The summed E-state index contributed by atoms with van der Waals surface area (Å²) in [5.74, 6) is -6.28. The molecule has 220 valence electrons. The molecule has 5 rings (SSSR count). The summed E-state index contributed by atoms with van der Waals surface area (Å²) in [5.41, 5.74) is -0.0456. The van der Waals surface area contributed by atoms with Crippen molar-refractivity contribution in [1.82, 2.24) is 9.88 Å². The van der Waals surface area contributed by atoms with Crippen molar-refractivity contribution < 1.29 is 31.9 Å². The number of nitrogens with zero attached hydrogens (tertiary/aromatic N) is 1. The molecule has 2 aromatic carbocycles. The zero-order valence-corrected chi connectivity index (χ0v) is 23.0. The van der Waals surface area contributed by atoms with Crippen molar-refractivity contribution in [2.45, 2.75) is 32.1 Å². The quantitative estimate of drug-likeness (QED) is 0.143. The van der Waals surface area contributed by atoms with Crippen molar-refractivity contribution in [3.8, 4) is 11.1 Å². The molecule has 3 aromatic rings. The molecular formula is C31H30F4N4O3. The summed E-state index contributed by atoms with van der Waals surface area (Å²) in [6, 6.07) is 8.35. The van der Waals surface area contributed by atoms with Crippen molar-refractivity contribution in [1.29, 1.82) is 0 Å². The predicted molar refractivity (Wildman–Crippen MR) is 153 cm³/mol. The molecule has 0 unspecified atom stereocenters. The molecule has 0 aliphatic carbocycles. The second-order valence-corrected chi connectivity index (χ2v) is 10.3. The predicted octanol–water partition coefficient (Wildman–Crippen LogP) is 7.07. The van der Waals surface area contributed by atoms with Crippen LogP contribution < -0.4 is 10.6 Å². The number of nitrogens with one attached hydrogen (secondary N) is 3. The number of H-pyrrole nitrogens is 1. The molecule has 2 aliphatic heterocycles. The number of halogens is 4. The summed E-state index contributed by atoms with van der Waals surface area (Å²) < 4.78 is 65.3. The van der Waals surface area contributed by atoms with Crippen LogP contribution in [-0.4, -0.2) is 48.1 Å². The maximum absolute atomic E-state index is 15.6. The van der Waals surface area contributed by atoms with Crippen LogP contribution in [0.25, 0.3) is 22.8 Å². The van der Waals surface area contributed by atoms with E-state index in [0.29, 0.717) is 12.2 Å². The van der Waals surface area contributed by atoms with Crippen molar-refractivity contribution in [3.05, 3.63) is 83.2 Å². The Balaban J connectivity index is 1.54. The van der Waals surface area contributed by atoms with Gasteiger partial charge in [0.25, 0.3) is 11.8 Å². The summed E-state index contributed by atoms with van der Waals surface area (Å²) in [6.45, 7) is 7.41. The third-order valence-electron chi connectivity index (χ3n) is 7.41. The van der Waals surface area contributed by atoms with Crippen LogP contribution in [0.4, 0.5) is 33.7 Å². The summed E-state index contributed by atoms with van der Waals surface area (Å²) in [7, 11) is 0. The van der Waals surface area contributed by atoms with Gasteiger partial charge in [-0.2, -0.15) is 0 Å². The highest BCUT2D eigenvalue weighted by Crippen LogP contribution is 2.45. The third-order valence-corrected chi connectivity index (χ3v) is 7.41. The minimum absolute atomic E-state index is 0.0408. The Labute approximate surface area is 240 Å². The Morgan fingerprint density at radius 2 is 1.86 bits per heavy atom. The van der Waals surface area contributed by atoms with Gasteiger partial charge in [0.2, 0.25) is 0 Å². The van der Waals surface area contributed by atoms with Crippen LogP contribution >= 0.6 is 0 Å². The standard InChI is InChI=1S/C31H30F4N4O3/c1-3-12-31(34,35)26-24(36-18(2)28(26)38-30(41)42-16-15-39-13-4-5-14-39)17-21-25-19(8-7-11-23(25)37-29(21)40)20-9-6-10-22(32)27(20)33/h3,6-11,17,36H,1,4-5,12-16H2,2H3,(H,37,40)(H,38,41)/b21-17-. The number of carbonyl (C=O) groups excluding carboxylic acids is 2. The van der Waals surface area contributed by atoms with Gasteiger partial charge in [0.1, 0.15) is 6.61 Å². The van der Waals surface area contributed by atoms with Crippen LogP contribution in [0.1, 0.15) is 41.8 Å². The number of benzene rings is 2. The monoisotopic (exact) mass is 582 g/mol. The molecule has 1 saturated heterocycles. The molecule has 7 nitrogen and oxygen atoms in total. The van der Waals surface area contributed by atoms with E-state index in [1.165, 1.54) is 31.2 Å². The van der Waals surface area contributed by atoms with Crippen molar-refractivity contribution in [2.75, 3.05) is 36.9 Å². The minimum Gasteiger partial charge on any atom is -0.448 e. The van der Waals surface area contributed by atoms with Gasteiger partial charge in [0.05, 0.1) is 22.5 Å². The first-order valence-electron chi connectivity index (χ1n) is 13.6. The van der Waals surface area contributed by atoms with E-state index >= 15 is 8.78 Å². The normalized spacial score (nSPS) is 16.0. The van der Waals surface area contributed by atoms with Gasteiger partial charge in [-0.3, -0.25) is 15.0 Å². The Hall–Kier alpha value is -4.38. The molecule has 2 aliphatic rings. The smallest absolute Gasteiger partial charge is 0.411 e. The first-order chi connectivity index (χ1) is 20.1. The summed E-state index contributed by atoms with van der Waals surface area (Å²) >= 11 is 0. The molecule has 0 spiro atoms. The van der Waals surface area contributed by atoms with Crippen LogP contribution in [-0.2, 0) is 15.5 Å². The van der Waals surface area contributed by atoms with E-state index in [2.05, 4.69) is 27.1 Å². The molecule has 1 fully saturated rings. The van der Waals surface area contributed by atoms with E-state index in [1.54, 1.807) is 12.1 Å². The van der Waals surface area contributed by atoms with Crippen LogP contribution in [0.2, 0.25) is 0 Å². The number of aromatic amines is 1. The highest BCUT2D eigenvalue weighted by molar-refractivity contribution is 6.36. The Morgan fingerprint density at radius 1 is 1.14 bits per heavy atom. The lowest BCUT2D eigenvalue weighted by Gasteiger charge is -2.18. The van der Waals surface area contributed by atoms with Crippen LogP contribution in [0, 0.1) is 18.6 Å². The highest BCUT2D eigenvalue weighted by Gasteiger charge is 2.39. The lowest BCUT2D eigenvalue weighted by atomic mass is 9.93. The average Bonchev–Trinajstić information content (AvgIpc) is 3.64. The fraction of sp³-hybridized carbons (Fsp3) is 0.290. The number of likely N-dealkylation sites (tertiary alicyclic amines) is 1. The lowest BCUT2D eigenvalue weighted by molar-refractivity contribution is -0.110. The van der Waals surface area contributed by atoms with Crippen LogP contribution in [0.15, 0.2) is 49.1 Å². The van der Waals surface area contributed by atoms with Gasteiger partial charge < -0.3 is 15.0 Å². The van der Waals surface area contributed by atoms with E-state index in [0.717, 1.165) is 38.1 Å². The Morgan fingerprint density at radius 3 is 2.60 bits per heavy atom. The first kappa shape index (κ1) is 29.1. The number of anilines is 2. The summed E-state index contributed by atoms with van der Waals surface area (Å²) in [6.07, 6.45) is 2.80. The molecule has 2 amide bonds. The number of carbonyl (C=O) groups is 2. The minimum atomic E-state index is -3.50. The largest absolute Gasteiger partial charge is 0.448 e. The Kier molecular flexibility index (Phi) is 8.22. The zero-order chi connectivity index (χ0) is 30.0. The van der Waals surface area contributed by atoms with Crippen LogP contribution in [0.5, 0.6) is 0 Å². The van der Waals surface area contributed by atoms with E-state index in [9.17, 15) is 18.4 Å². The van der Waals surface area contributed by atoms with Gasteiger partial charge in [-0.15, -0.1) is 6.58 Å². The molecular weight excluding hydrogens is 552 g/mol. The number of amides is 2.